The number of nitrogens with zero attached hydrogens (tertiary/aromatic N) is 3. The number of hydrogen-bond acceptors (Lipinski definition) is 4. The van der Waals surface area contributed by atoms with Crippen molar-refractivity contribution >= 4 is 5.97 Å². The minimum atomic E-state index is -1.01. The van der Waals surface area contributed by atoms with Gasteiger partial charge in [0, 0.05) is 6.54 Å². The smallest absolute Gasteiger partial charge is 0.339 e. The Morgan fingerprint density at radius 3 is 2.95 bits per heavy atom. The highest BCUT2D eigenvalue weighted by Gasteiger charge is 2.12. The number of aryl methyl sites for hydroxylation is 2. The van der Waals surface area contributed by atoms with Gasteiger partial charge in [0.25, 0.3) is 0 Å². The molecule has 0 radical (unpaired) electrons. The molecular weight excluding hydrogens is 246 g/mol. The average Bonchev–Trinajstić information content (AvgIpc) is 2.83. The van der Waals surface area contributed by atoms with Crippen LogP contribution in [-0.2, 0) is 13.2 Å². The first-order valence-corrected chi connectivity index (χ1v) is 5.95. The Balaban J connectivity index is 2.19. The van der Waals surface area contributed by atoms with E-state index in [4.69, 9.17) is 9.84 Å². The minimum Gasteiger partial charge on any atom is -0.485 e. The van der Waals surface area contributed by atoms with Crippen LogP contribution in [0.1, 0.15) is 28.7 Å². The lowest BCUT2D eigenvalue weighted by Gasteiger charge is -2.10. The predicted octanol–water partition coefficient (Wildman–Crippen LogP) is 1.88. The number of aromatic nitrogens is 3. The second-order valence-electron chi connectivity index (χ2n) is 4.09. The molecule has 2 aromatic rings. The largest absolute Gasteiger partial charge is 0.485 e. The van der Waals surface area contributed by atoms with Crippen LogP contribution in [0, 0.1) is 6.92 Å². The van der Waals surface area contributed by atoms with Crippen LogP contribution in [0.2, 0.25) is 0 Å². The van der Waals surface area contributed by atoms with Gasteiger partial charge in [0.1, 0.15) is 24.2 Å². The summed E-state index contributed by atoms with van der Waals surface area (Å²) in [5.41, 5.74) is 1.09. The van der Waals surface area contributed by atoms with Crippen molar-refractivity contribution in [1.29, 1.82) is 0 Å². The van der Waals surface area contributed by atoms with E-state index in [1.807, 2.05) is 13.8 Å². The number of carboxylic acids is 1. The van der Waals surface area contributed by atoms with Gasteiger partial charge < -0.3 is 9.84 Å². The van der Waals surface area contributed by atoms with Crippen LogP contribution in [0.15, 0.2) is 24.5 Å². The van der Waals surface area contributed by atoms with Crippen molar-refractivity contribution in [2.75, 3.05) is 0 Å². The van der Waals surface area contributed by atoms with E-state index >= 15 is 0 Å². The average molecular weight is 261 g/mol. The predicted molar refractivity (Wildman–Crippen MR) is 68.2 cm³/mol. The molecule has 6 nitrogen and oxygen atoms in total. The van der Waals surface area contributed by atoms with E-state index in [1.54, 1.807) is 16.8 Å². The molecule has 1 N–H and O–H groups in total. The summed E-state index contributed by atoms with van der Waals surface area (Å²) in [4.78, 5) is 15.2. The topological polar surface area (TPSA) is 77.2 Å². The molecule has 2 rings (SSSR count). The fourth-order valence-corrected chi connectivity index (χ4v) is 1.73. The van der Waals surface area contributed by atoms with Crippen LogP contribution < -0.4 is 4.74 Å². The van der Waals surface area contributed by atoms with Gasteiger partial charge in [-0.05, 0) is 31.5 Å². The van der Waals surface area contributed by atoms with E-state index in [1.165, 1.54) is 12.4 Å². The quantitative estimate of drug-likeness (QED) is 0.889. The summed E-state index contributed by atoms with van der Waals surface area (Å²) in [5, 5.41) is 13.1. The fourth-order valence-electron chi connectivity index (χ4n) is 1.73. The molecule has 1 aromatic heterocycles. The number of benzene rings is 1. The van der Waals surface area contributed by atoms with E-state index in [0.29, 0.717) is 18.1 Å². The lowest BCUT2D eigenvalue weighted by molar-refractivity contribution is 0.0691. The third-order valence-electron chi connectivity index (χ3n) is 2.72. The number of carbonyl (C=O) groups is 1. The van der Waals surface area contributed by atoms with Crippen LogP contribution in [0.5, 0.6) is 5.75 Å². The fraction of sp³-hybridized carbons (Fsp3) is 0.308. The first-order valence-electron chi connectivity index (χ1n) is 5.95. The first-order chi connectivity index (χ1) is 9.11. The van der Waals surface area contributed by atoms with Gasteiger partial charge in [0.15, 0.2) is 5.82 Å². The maximum atomic E-state index is 11.1. The second kappa shape index (κ2) is 5.51. The van der Waals surface area contributed by atoms with Crippen molar-refractivity contribution in [2.24, 2.45) is 0 Å². The van der Waals surface area contributed by atoms with Crippen molar-refractivity contribution in [2.45, 2.75) is 27.0 Å². The standard InChI is InChI=1S/C13H15N3O3/c1-3-16-12(14-8-15-16)7-19-11-6-9(2)4-5-10(11)13(17)18/h4-6,8H,3,7H2,1-2H3,(H,17,18). The molecule has 0 saturated heterocycles. The zero-order valence-electron chi connectivity index (χ0n) is 10.8. The highest BCUT2D eigenvalue weighted by atomic mass is 16.5. The number of aromatic carboxylic acids is 1. The molecule has 1 aromatic carbocycles. The molecule has 1 heterocycles. The van der Waals surface area contributed by atoms with E-state index in [0.717, 1.165) is 5.56 Å². The van der Waals surface area contributed by atoms with Gasteiger partial charge in [0.05, 0.1) is 0 Å². The van der Waals surface area contributed by atoms with E-state index in [2.05, 4.69) is 10.1 Å². The zero-order chi connectivity index (χ0) is 13.8. The maximum absolute atomic E-state index is 11.1. The Morgan fingerprint density at radius 2 is 2.26 bits per heavy atom. The maximum Gasteiger partial charge on any atom is 0.339 e. The van der Waals surface area contributed by atoms with Gasteiger partial charge in [-0.2, -0.15) is 5.10 Å². The SMILES string of the molecule is CCn1ncnc1COc1cc(C)ccc1C(=O)O. The molecule has 0 bridgehead atoms. The van der Waals surface area contributed by atoms with E-state index in [9.17, 15) is 4.79 Å². The molecule has 0 spiro atoms. The molecule has 0 atom stereocenters. The van der Waals surface area contributed by atoms with E-state index in [-0.39, 0.29) is 12.2 Å². The molecule has 100 valence electrons. The van der Waals surface area contributed by atoms with Crippen LogP contribution in [0.4, 0.5) is 0 Å². The molecule has 0 amide bonds. The van der Waals surface area contributed by atoms with Crippen LogP contribution in [0.3, 0.4) is 0 Å². The molecular formula is C13H15N3O3. The Bertz CT molecular complexity index is 593. The molecule has 0 aliphatic rings. The van der Waals surface area contributed by atoms with Crippen molar-refractivity contribution in [3.8, 4) is 5.75 Å². The highest BCUT2D eigenvalue weighted by Crippen LogP contribution is 2.21. The lowest BCUT2D eigenvalue weighted by Crippen LogP contribution is -2.09. The Labute approximate surface area is 110 Å². The van der Waals surface area contributed by atoms with Gasteiger partial charge in [0.2, 0.25) is 0 Å². The minimum absolute atomic E-state index is 0.146. The molecule has 0 fully saturated rings. The zero-order valence-corrected chi connectivity index (χ0v) is 10.8. The molecule has 0 aliphatic heterocycles. The number of ether oxygens (including phenoxy) is 1. The van der Waals surface area contributed by atoms with Crippen molar-refractivity contribution in [3.63, 3.8) is 0 Å². The lowest BCUT2D eigenvalue weighted by atomic mass is 10.1. The van der Waals surface area contributed by atoms with Crippen molar-refractivity contribution in [3.05, 3.63) is 41.5 Å². The monoisotopic (exact) mass is 261 g/mol. The van der Waals surface area contributed by atoms with Gasteiger partial charge in [-0.3, -0.25) is 0 Å². The normalized spacial score (nSPS) is 10.4. The molecule has 0 aliphatic carbocycles. The summed E-state index contributed by atoms with van der Waals surface area (Å²) in [6.07, 6.45) is 1.45. The summed E-state index contributed by atoms with van der Waals surface area (Å²) < 4.78 is 7.27. The third kappa shape index (κ3) is 2.90. The van der Waals surface area contributed by atoms with Gasteiger partial charge in [-0.1, -0.05) is 6.07 Å². The number of hydrogen-bond donors (Lipinski definition) is 1. The van der Waals surface area contributed by atoms with Crippen LogP contribution in [0.25, 0.3) is 0 Å². The van der Waals surface area contributed by atoms with E-state index < -0.39 is 5.97 Å². The second-order valence-corrected chi connectivity index (χ2v) is 4.09. The van der Waals surface area contributed by atoms with Gasteiger partial charge >= 0.3 is 5.97 Å². The summed E-state index contributed by atoms with van der Waals surface area (Å²) in [5.74, 6) is 0.00505. The van der Waals surface area contributed by atoms with Crippen molar-refractivity contribution < 1.29 is 14.6 Å². The molecule has 0 unspecified atom stereocenters. The third-order valence-corrected chi connectivity index (χ3v) is 2.72. The summed E-state index contributed by atoms with van der Waals surface area (Å²) >= 11 is 0. The molecule has 19 heavy (non-hydrogen) atoms. The highest BCUT2D eigenvalue weighted by molar-refractivity contribution is 5.90. The summed E-state index contributed by atoms with van der Waals surface area (Å²) in [6, 6.07) is 4.98. The number of carboxylic acid groups (broad SMARTS) is 1. The Morgan fingerprint density at radius 1 is 1.47 bits per heavy atom. The Hall–Kier alpha value is -2.37. The molecule has 6 heteroatoms. The van der Waals surface area contributed by atoms with Gasteiger partial charge in [-0.25, -0.2) is 14.5 Å². The first kappa shape index (κ1) is 13.1. The summed E-state index contributed by atoms with van der Waals surface area (Å²) in [6.45, 7) is 4.72. The van der Waals surface area contributed by atoms with Crippen LogP contribution in [-0.4, -0.2) is 25.8 Å². The summed E-state index contributed by atoms with van der Waals surface area (Å²) in [7, 11) is 0. The van der Waals surface area contributed by atoms with Crippen molar-refractivity contribution in [1.82, 2.24) is 14.8 Å². The number of rotatable bonds is 5. The Kier molecular flexibility index (Phi) is 3.79. The van der Waals surface area contributed by atoms with Gasteiger partial charge in [-0.15, -0.1) is 0 Å². The van der Waals surface area contributed by atoms with Crippen LogP contribution >= 0.6 is 0 Å². The molecule has 0 saturated carbocycles.